The van der Waals surface area contributed by atoms with Gasteiger partial charge in [0.15, 0.2) is 5.65 Å². The van der Waals surface area contributed by atoms with E-state index in [0.717, 1.165) is 66.8 Å². The van der Waals surface area contributed by atoms with E-state index in [1.165, 1.54) is 0 Å². The van der Waals surface area contributed by atoms with Gasteiger partial charge in [-0.3, -0.25) is 4.79 Å². The van der Waals surface area contributed by atoms with Crippen LogP contribution in [0.3, 0.4) is 0 Å². The standard InChI is InChI=1S/C22H25N5O/c1-2-26-21-19(14-24-26)18(12-20(25-21)15-6-4-3-5-7-15)22(28)27-16-8-9-17(27)13-23-11-10-16/h3-7,12,14,16-17,23H,2,8-11,13H2,1H3. The summed E-state index contributed by atoms with van der Waals surface area (Å²) in [6.45, 7) is 4.64. The first-order valence-electron chi connectivity index (χ1n) is 10.2. The van der Waals surface area contributed by atoms with Gasteiger partial charge in [-0.25, -0.2) is 9.67 Å². The van der Waals surface area contributed by atoms with E-state index < -0.39 is 0 Å². The average molecular weight is 375 g/mol. The van der Waals surface area contributed by atoms with Crippen molar-refractivity contribution in [2.75, 3.05) is 13.1 Å². The Morgan fingerprint density at radius 2 is 2.00 bits per heavy atom. The summed E-state index contributed by atoms with van der Waals surface area (Å²) >= 11 is 0. The summed E-state index contributed by atoms with van der Waals surface area (Å²) in [6.07, 6.45) is 5.01. The molecule has 1 aromatic carbocycles. The molecule has 6 heteroatoms. The Balaban J connectivity index is 1.65. The third-order valence-corrected chi connectivity index (χ3v) is 6.10. The number of amides is 1. The van der Waals surface area contributed by atoms with Crippen molar-refractivity contribution in [2.45, 2.75) is 44.8 Å². The summed E-state index contributed by atoms with van der Waals surface area (Å²) in [5, 5.41) is 8.81. The molecular formula is C22H25N5O. The molecular weight excluding hydrogens is 350 g/mol. The van der Waals surface area contributed by atoms with Crippen LogP contribution < -0.4 is 5.32 Å². The SMILES string of the molecule is CCn1ncc2c(C(=O)N3C4CCNCC3CC4)cc(-c3ccccc3)nc21. The van der Waals surface area contributed by atoms with Crippen molar-refractivity contribution < 1.29 is 4.79 Å². The Hall–Kier alpha value is -2.73. The van der Waals surface area contributed by atoms with Gasteiger partial charge in [0.05, 0.1) is 22.8 Å². The second kappa shape index (κ2) is 7.02. The molecule has 2 atom stereocenters. The van der Waals surface area contributed by atoms with Gasteiger partial charge in [-0.15, -0.1) is 0 Å². The molecule has 2 unspecified atom stereocenters. The Morgan fingerprint density at radius 1 is 1.18 bits per heavy atom. The van der Waals surface area contributed by atoms with Crippen LogP contribution in [0.5, 0.6) is 0 Å². The first kappa shape index (κ1) is 17.4. The van der Waals surface area contributed by atoms with E-state index in [1.54, 1.807) is 6.20 Å². The fourth-order valence-electron chi connectivity index (χ4n) is 4.67. The molecule has 0 spiro atoms. The first-order valence-corrected chi connectivity index (χ1v) is 10.2. The second-order valence-electron chi connectivity index (χ2n) is 7.71. The van der Waals surface area contributed by atoms with Crippen LogP contribution in [0.1, 0.15) is 36.5 Å². The van der Waals surface area contributed by atoms with Crippen molar-refractivity contribution in [3.63, 3.8) is 0 Å². The van der Waals surface area contributed by atoms with E-state index in [0.29, 0.717) is 6.04 Å². The van der Waals surface area contributed by atoms with Crippen molar-refractivity contribution >= 4 is 16.9 Å². The predicted octanol–water partition coefficient (Wildman–Crippen LogP) is 3.08. The third-order valence-electron chi connectivity index (χ3n) is 6.10. The number of nitrogens with zero attached hydrogens (tertiary/aromatic N) is 4. The van der Waals surface area contributed by atoms with Crippen LogP contribution in [0.25, 0.3) is 22.3 Å². The molecule has 0 aliphatic carbocycles. The van der Waals surface area contributed by atoms with Crippen molar-refractivity contribution in [1.82, 2.24) is 25.0 Å². The number of pyridine rings is 1. The molecule has 3 aromatic rings. The van der Waals surface area contributed by atoms with Gasteiger partial charge in [0, 0.05) is 30.7 Å². The maximum absolute atomic E-state index is 13.7. The molecule has 2 bridgehead atoms. The Kier molecular flexibility index (Phi) is 4.36. The quantitative estimate of drug-likeness (QED) is 0.764. The number of fused-ring (bicyclic) bond motifs is 3. The number of aromatic nitrogens is 3. The lowest BCUT2D eigenvalue weighted by Gasteiger charge is -2.28. The van der Waals surface area contributed by atoms with Crippen molar-refractivity contribution in [3.05, 3.63) is 48.2 Å². The van der Waals surface area contributed by atoms with E-state index in [1.807, 2.05) is 48.0 Å². The predicted molar refractivity (Wildman–Crippen MR) is 109 cm³/mol. The van der Waals surface area contributed by atoms with Crippen LogP contribution >= 0.6 is 0 Å². The fraction of sp³-hybridized carbons (Fsp3) is 0.409. The summed E-state index contributed by atoms with van der Waals surface area (Å²) in [4.78, 5) is 20.7. The highest BCUT2D eigenvalue weighted by Gasteiger charge is 2.39. The fourth-order valence-corrected chi connectivity index (χ4v) is 4.67. The van der Waals surface area contributed by atoms with Crippen LogP contribution in [-0.4, -0.2) is 50.7 Å². The highest BCUT2D eigenvalue weighted by molar-refractivity contribution is 6.06. The topological polar surface area (TPSA) is 63.1 Å². The van der Waals surface area contributed by atoms with Gasteiger partial charge < -0.3 is 10.2 Å². The molecule has 5 rings (SSSR count). The van der Waals surface area contributed by atoms with Crippen molar-refractivity contribution in [2.24, 2.45) is 0 Å². The van der Waals surface area contributed by atoms with Crippen LogP contribution in [0.4, 0.5) is 0 Å². The molecule has 0 saturated carbocycles. The van der Waals surface area contributed by atoms with Gasteiger partial charge in [0.2, 0.25) is 0 Å². The highest BCUT2D eigenvalue weighted by atomic mass is 16.2. The zero-order valence-corrected chi connectivity index (χ0v) is 16.1. The lowest BCUT2D eigenvalue weighted by molar-refractivity contribution is 0.0682. The summed E-state index contributed by atoms with van der Waals surface area (Å²) < 4.78 is 1.87. The lowest BCUT2D eigenvalue weighted by atomic mass is 10.0. The molecule has 4 heterocycles. The number of hydrogen-bond donors (Lipinski definition) is 1. The van der Waals surface area contributed by atoms with Crippen molar-refractivity contribution in [3.8, 4) is 11.3 Å². The van der Waals surface area contributed by atoms with Crippen LogP contribution in [-0.2, 0) is 6.54 Å². The first-order chi connectivity index (χ1) is 13.8. The van der Waals surface area contributed by atoms with Gasteiger partial charge in [-0.05, 0) is 38.8 Å². The minimum absolute atomic E-state index is 0.122. The van der Waals surface area contributed by atoms with Gasteiger partial charge in [0.25, 0.3) is 5.91 Å². The summed E-state index contributed by atoms with van der Waals surface area (Å²) in [6, 6.07) is 12.6. The lowest BCUT2D eigenvalue weighted by Crippen LogP contribution is -2.42. The Bertz CT molecular complexity index is 998. The molecule has 2 aliphatic rings. The molecule has 2 fully saturated rings. The van der Waals surface area contributed by atoms with Gasteiger partial charge in [0.1, 0.15) is 0 Å². The number of carbonyl (C=O) groups is 1. The minimum atomic E-state index is 0.122. The molecule has 1 amide bonds. The highest BCUT2D eigenvalue weighted by Crippen LogP contribution is 2.32. The smallest absolute Gasteiger partial charge is 0.255 e. The maximum Gasteiger partial charge on any atom is 0.255 e. The summed E-state index contributed by atoms with van der Waals surface area (Å²) in [7, 11) is 0. The van der Waals surface area contributed by atoms with Gasteiger partial charge in [-0.2, -0.15) is 5.10 Å². The van der Waals surface area contributed by atoms with E-state index in [2.05, 4.69) is 15.3 Å². The zero-order valence-electron chi connectivity index (χ0n) is 16.1. The average Bonchev–Trinajstić information content (AvgIpc) is 3.26. The van der Waals surface area contributed by atoms with E-state index in [9.17, 15) is 4.79 Å². The summed E-state index contributed by atoms with van der Waals surface area (Å²) in [5.74, 6) is 0.122. The van der Waals surface area contributed by atoms with Crippen LogP contribution in [0.15, 0.2) is 42.6 Å². The number of rotatable bonds is 3. The zero-order chi connectivity index (χ0) is 19.1. The molecule has 144 valence electrons. The third kappa shape index (κ3) is 2.79. The maximum atomic E-state index is 13.7. The van der Waals surface area contributed by atoms with Crippen LogP contribution in [0.2, 0.25) is 0 Å². The molecule has 1 N–H and O–H groups in total. The molecule has 2 saturated heterocycles. The van der Waals surface area contributed by atoms with Gasteiger partial charge in [-0.1, -0.05) is 30.3 Å². The minimum Gasteiger partial charge on any atom is -0.331 e. The number of nitrogens with one attached hydrogen (secondary N) is 1. The molecule has 6 nitrogen and oxygen atoms in total. The number of carbonyl (C=O) groups excluding carboxylic acids is 1. The second-order valence-corrected chi connectivity index (χ2v) is 7.71. The Labute approximate surface area is 164 Å². The molecule has 0 radical (unpaired) electrons. The largest absolute Gasteiger partial charge is 0.331 e. The number of benzene rings is 1. The van der Waals surface area contributed by atoms with E-state index in [4.69, 9.17) is 4.98 Å². The number of hydrogen-bond acceptors (Lipinski definition) is 4. The van der Waals surface area contributed by atoms with E-state index >= 15 is 0 Å². The molecule has 2 aliphatic heterocycles. The summed E-state index contributed by atoms with van der Waals surface area (Å²) in [5.41, 5.74) is 3.35. The Morgan fingerprint density at radius 3 is 2.82 bits per heavy atom. The number of aryl methyl sites for hydroxylation is 1. The normalized spacial score (nSPS) is 21.8. The monoisotopic (exact) mass is 375 g/mol. The van der Waals surface area contributed by atoms with Crippen molar-refractivity contribution in [1.29, 1.82) is 0 Å². The van der Waals surface area contributed by atoms with Crippen LogP contribution in [0, 0.1) is 0 Å². The molecule has 2 aromatic heterocycles. The van der Waals surface area contributed by atoms with E-state index in [-0.39, 0.29) is 11.9 Å². The molecule has 28 heavy (non-hydrogen) atoms. The van der Waals surface area contributed by atoms with Gasteiger partial charge >= 0.3 is 0 Å².